The van der Waals surface area contributed by atoms with Crippen molar-refractivity contribution >= 4 is 23.8 Å². The Kier molecular flexibility index (Phi) is 6.13. The Morgan fingerprint density at radius 3 is 2.89 bits per heavy atom. The molecule has 1 atom stereocenters. The number of amides is 2. The summed E-state index contributed by atoms with van der Waals surface area (Å²) in [6.45, 7) is 1.66. The highest BCUT2D eigenvalue weighted by Gasteiger charge is 2.16. The normalized spacial score (nSPS) is 11.7. The Hall–Kier alpha value is -1.77. The first kappa shape index (κ1) is 15.3. The predicted molar refractivity (Wildman–Crippen MR) is 68.4 cm³/mol. The number of methoxy groups -OCH3 is 1. The van der Waals surface area contributed by atoms with Crippen LogP contribution in [-0.2, 0) is 21.8 Å². The highest BCUT2D eigenvalue weighted by atomic mass is 32.2. The topological polar surface area (TPSA) is 106 Å². The highest BCUT2D eigenvalue weighted by molar-refractivity contribution is 7.97. The van der Waals surface area contributed by atoms with Crippen molar-refractivity contribution in [2.75, 3.05) is 13.4 Å². The van der Waals surface area contributed by atoms with Gasteiger partial charge in [-0.05, 0) is 13.2 Å². The average Bonchev–Trinajstić information content (AvgIpc) is 2.83. The van der Waals surface area contributed by atoms with E-state index in [1.165, 1.54) is 7.11 Å². The maximum absolute atomic E-state index is 11.6. The second-order valence-corrected chi connectivity index (χ2v) is 4.48. The molecule has 0 aliphatic heterocycles. The zero-order valence-corrected chi connectivity index (χ0v) is 11.7. The van der Waals surface area contributed by atoms with E-state index in [1.807, 2.05) is 6.26 Å². The Bertz CT molecular complexity index is 437. The summed E-state index contributed by atoms with van der Waals surface area (Å²) in [5.74, 6) is 1.19. The van der Waals surface area contributed by atoms with E-state index in [4.69, 9.17) is 4.52 Å². The molecule has 1 unspecified atom stereocenters. The molecular weight excluding hydrogens is 272 g/mol. The fourth-order valence-corrected chi connectivity index (χ4v) is 1.54. The molecule has 0 saturated carbocycles. The number of ether oxygens (including phenoxy) is 1. The van der Waals surface area contributed by atoms with Gasteiger partial charge in [0.15, 0.2) is 5.82 Å². The number of nitrogens with zero attached hydrogens (tertiary/aromatic N) is 2. The van der Waals surface area contributed by atoms with Gasteiger partial charge in [0.05, 0.1) is 19.4 Å². The first-order valence-electron chi connectivity index (χ1n) is 5.49. The van der Waals surface area contributed by atoms with Gasteiger partial charge in [-0.25, -0.2) is 4.79 Å². The van der Waals surface area contributed by atoms with Crippen LogP contribution in [-0.4, -0.2) is 41.5 Å². The molecule has 8 nitrogen and oxygen atoms in total. The van der Waals surface area contributed by atoms with Gasteiger partial charge < -0.3 is 19.9 Å². The lowest BCUT2D eigenvalue weighted by molar-refractivity contribution is -0.122. The molecule has 0 aliphatic carbocycles. The molecule has 0 saturated heterocycles. The third-order valence-corrected chi connectivity index (χ3v) is 2.66. The number of hydrogen-bond donors (Lipinski definition) is 2. The number of hydrogen-bond acceptors (Lipinski definition) is 7. The third-order valence-electron chi connectivity index (χ3n) is 2.11. The van der Waals surface area contributed by atoms with Crippen LogP contribution >= 0.6 is 11.8 Å². The number of aromatic nitrogens is 2. The van der Waals surface area contributed by atoms with Crippen molar-refractivity contribution in [3.8, 4) is 0 Å². The predicted octanol–water partition coefficient (Wildman–Crippen LogP) is 0.293. The van der Waals surface area contributed by atoms with Crippen molar-refractivity contribution in [3.05, 3.63) is 11.7 Å². The van der Waals surface area contributed by atoms with E-state index in [0.717, 1.165) is 0 Å². The number of carbonyl (C=O) groups excluding carboxylic acids is 2. The molecule has 0 aromatic carbocycles. The molecule has 1 aromatic rings. The van der Waals surface area contributed by atoms with Crippen LogP contribution in [0.15, 0.2) is 4.52 Å². The minimum Gasteiger partial charge on any atom is -0.453 e. The summed E-state index contributed by atoms with van der Waals surface area (Å²) in [5.41, 5.74) is 0. The molecule has 106 valence electrons. The van der Waals surface area contributed by atoms with Crippen LogP contribution in [0.3, 0.4) is 0 Å². The van der Waals surface area contributed by atoms with Crippen molar-refractivity contribution in [1.82, 2.24) is 20.8 Å². The van der Waals surface area contributed by atoms with Crippen LogP contribution < -0.4 is 10.6 Å². The molecule has 0 spiro atoms. The van der Waals surface area contributed by atoms with Gasteiger partial charge in [-0.1, -0.05) is 5.16 Å². The molecule has 2 N–H and O–H groups in total. The molecule has 2 amide bonds. The van der Waals surface area contributed by atoms with Crippen LogP contribution in [0.25, 0.3) is 0 Å². The summed E-state index contributed by atoms with van der Waals surface area (Å²) in [6.07, 6.45) is 1.26. The van der Waals surface area contributed by atoms with Crippen LogP contribution in [0.5, 0.6) is 0 Å². The first-order valence-corrected chi connectivity index (χ1v) is 6.88. The number of carbonyl (C=O) groups is 2. The van der Waals surface area contributed by atoms with Crippen molar-refractivity contribution in [3.63, 3.8) is 0 Å². The molecule has 0 radical (unpaired) electrons. The van der Waals surface area contributed by atoms with E-state index in [9.17, 15) is 9.59 Å². The summed E-state index contributed by atoms with van der Waals surface area (Å²) in [5, 5.41) is 8.66. The van der Waals surface area contributed by atoms with Gasteiger partial charge >= 0.3 is 6.09 Å². The van der Waals surface area contributed by atoms with Crippen molar-refractivity contribution in [2.24, 2.45) is 0 Å². The minimum absolute atomic E-state index is 0.118. The van der Waals surface area contributed by atoms with Gasteiger partial charge in [-0.2, -0.15) is 16.7 Å². The Balaban J connectivity index is 2.38. The highest BCUT2D eigenvalue weighted by Crippen LogP contribution is 2.05. The smallest absolute Gasteiger partial charge is 0.407 e. The summed E-state index contributed by atoms with van der Waals surface area (Å²) in [7, 11) is 1.23. The molecule has 0 aliphatic rings. The number of thioether (sulfide) groups is 1. The molecule has 9 heteroatoms. The number of rotatable bonds is 6. The molecule has 1 aromatic heterocycles. The van der Waals surface area contributed by atoms with Gasteiger partial charge in [0, 0.05) is 0 Å². The molecule has 1 heterocycles. The van der Waals surface area contributed by atoms with Crippen LogP contribution in [0, 0.1) is 0 Å². The fourth-order valence-electron chi connectivity index (χ4n) is 1.17. The van der Waals surface area contributed by atoms with Crippen molar-refractivity contribution in [1.29, 1.82) is 0 Å². The van der Waals surface area contributed by atoms with E-state index in [2.05, 4.69) is 25.5 Å². The van der Waals surface area contributed by atoms with Gasteiger partial charge in [0.25, 0.3) is 0 Å². The fraction of sp³-hybridized carbons (Fsp3) is 0.600. The monoisotopic (exact) mass is 288 g/mol. The lowest BCUT2D eigenvalue weighted by Crippen LogP contribution is -2.44. The zero-order chi connectivity index (χ0) is 14.3. The van der Waals surface area contributed by atoms with Crippen molar-refractivity contribution in [2.45, 2.75) is 25.3 Å². The summed E-state index contributed by atoms with van der Waals surface area (Å²) >= 11 is 1.57. The second-order valence-electron chi connectivity index (χ2n) is 3.61. The molecule has 1 rings (SSSR count). The van der Waals surface area contributed by atoms with Gasteiger partial charge in [0.1, 0.15) is 6.04 Å². The molecule has 0 bridgehead atoms. The Morgan fingerprint density at radius 2 is 2.26 bits per heavy atom. The molecular formula is C10H16N4O4S. The minimum atomic E-state index is -0.707. The summed E-state index contributed by atoms with van der Waals surface area (Å²) in [6, 6.07) is -0.707. The number of alkyl carbamates (subject to hydrolysis) is 1. The zero-order valence-electron chi connectivity index (χ0n) is 10.9. The standard InChI is InChI=1S/C10H16N4O4S/c1-6(12-10(16)17-2)9(15)11-4-8-13-7(5-19-3)14-18-8/h6H,4-5H2,1-3H3,(H,11,15)(H,12,16). The molecule has 0 fully saturated rings. The average molecular weight is 288 g/mol. The summed E-state index contributed by atoms with van der Waals surface area (Å²) < 4.78 is 9.34. The van der Waals surface area contributed by atoms with E-state index in [1.54, 1.807) is 18.7 Å². The second kappa shape index (κ2) is 7.62. The number of nitrogens with one attached hydrogen (secondary N) is 2. The van der Waals surface area contributed by atoms with Crippen molar-refractivity contribution < 1.29 is 18.8 Å². The van der Waals surface area contributed by atoms with Crippen LogP contribution in [0.4, 0.5) is 4.79 Å². The molecule has 19 heavy (non-hydrogen) atoms. The lowest BCUT2D eigenvalue weighted by Gasteiger charge is -2.11. The quantitative estimate of drug-likeness (QED) is 0.775. The maximum atomic E-state index is 11.6. The third kappa shape index (κ3) is 5.16. The van der Waals surface area contributed by atoms with E-state index in [0.29, 0.717) is 17.5 Å². The lowest BCUT2D eigenvalue weighted by atomic mass is 10.3. The Morgan fingerprint density at radius 1 is 1.53 bits per heavy atom. The maximum Gasteiger partial charge on any atom is 0.407 e. The van der Waals surface area contributed by atoms with E-state index >= 15 is 0 Å². The van der Waals surface area contributed by atoms with E-state index in [-0.39, 0.29) is 12.5 Å². The van der Waals surface area contributed by atoms with Gasteiger partial charge in [0.2, 0.25) is 11.8 Å². The largest absolute Gasteiger partial charge is 0.453 e. The first-order chi connectivity index (χ1) is 9.06. The van der Waals surface area contributed by atoms with Gasteiger partial charge in [-0.15, -0.1) is 0 Å². The van der Waals surface area contributed by atoms with E-state index < -0.39 is 12.1 Å². The summed E-state index contributed by atoms with van der Waals surface area (Å²) in [4.78, 5) is 26.6. The Labute approximate surface area is 114 Å². The SMILES string of the molecule is COC(=O)NC(C)C(=O)NCc1nc(CSC)no1. The van der Waals surface area contributed by atoms with Gasteiger partial charge in [-0.3, -0.25) is 4.79 Å². The van der Waals surface area contributed by atoms with Crippen LogP contribution in [0.2, 0.25) is 0 Å². The van der Waals surface area contributed by atoms with Crippen LogP contribution in [0.1, 0.15) is 18.6 Å².